The molecular weight excluding hydrogens is 235 g/mol. The van der Waals surface area contributed by atoms with Crippen molar-refractivity contribution in [1.29, 1.82) is 5.26 Å². The van der Waals surface area contributed by atoms with Gasteiger partial charge in [-0.05, 0) is 27.7 Å². The molecule has 0 aliphatic rings. The van der Waals surface area contributed by atoms with Gasteiger partial charge in [0.1, 0.15) is 0 Å². The number of halogens is 1. The molecule has 0 saturated heterocycles. The summed E-state index contributed by atoms with van der Waals surface area (Å²) in [6, 6.07) is 1.89. The van der Waals surface area contributed by atoms with Crippen molar-refractivity contribution in [2.45, 2.75) is 46.3 Å². The van der Waals surface area contributed by atoms with Crippen molar-refractivity contribution >= 4 is 20.1 Å². The van der Waals surface area contributed by atoms with Crippen LogP contribution >= 0.6 is 20.1 Å². The van der Waals surface area contributed by atoms with Gasteiger partial charge in [-0.25, -0.2) is 0 Å². The first-order valence-electron chi connectivity index (χ1n) is 4.75. The summed E-state index contributed by atoms with van der Waals surface area (Å²) >= 11 is 5.08. The average Bonchev–Trinajstić information content (AvgIpc) is 2.03. The van der Waals surface area contributed by atoms with Crippen LogP contribution in [0.5, 0.6) is 0 Å². The number of nitrogens with two attached hydrogens (primary N) is 1. The highest BCUT2D eigenvalue weighted by Gasteiger charge is 2.07. The molecule has 0 aliphatic heterocycles. The second kappa shape index (κ2) is 12.2. The smallest absolute Gasteiger partial charge is 0.253 e. The van der Waals surface area contributed by atoms with Crippen molar-refractivity contribution in [3.63, 3.8) is 0 Å². The van der Waals surface area contributed by atoms with Gasteiger partial charge in [-0.3, -0.25) is 5.50 Å². The van der Waals surface area contributed by atoms with Crippen molar-refractivity contribution in [2.24, 2.45) is 5.50 Å². The molecule has 0 spiro atoms. The first-order valence-corrected chi connectivity index (χ1v) is 6.53. The van der Waals surface area contributed by atoms with E-state index in [1.54, 1.807) is 0 Å². The fourth-order valence-corrected chi connectivity index (χ4v) is 1.45. The molecular formula is C9H20ClN2O2P. The van der Waals surface area contributed by atoms with Gasteiger partial charge in [0.2, 0.25) is 0 Å². The van der Waals surface area contributed by atoms with E-state index in [1.807, 2.05) is 33.8 Å². The van der Waals surface area contributed by atoms with Crippen LogP contribution in [0.1, 0.15) is 34.1 Å². The number of nitrogens with zero attached hydrogens (tertiary/aromatic N) is 1. The van der Waals surface area contributed by atoms with Crippen molar-refractivity contribution < 1.29 is 9.05 Å². The first kappa shape index (κ1) is 17.5. The molecule has 0 fully saturated rings. The van der Waals surface area contributed by atoms with Crippen molar-refractivity contribution in [1.82, 2.24) is 0 Å². The molecule has 0 radical (unpaired) electrons. The SMILES string of the molecule is CC(C)OP(N)OC(C)C.N#CCCCl. The molecule has 0 bridgehead atoms. The van der Waals surface area contributed by atoms with E-state index in [0.717, 1.165) is 0 Å². The summed E-state index contributed by atoms with van der Waals surface area (Å²) in [7, 11) is -1.16. The zero-order chi connectivity index (χ0) is 12.3. The Bertz CT molecular complexity index is 164. The number of hydrogen-bond donors (Lipinski definition) is 1. The van der Waals surface area contributed by atoms with Crippen LogP contribution in [-0.2, 0) is 9.05 Å². The quantitative estimate of drug-likeness (QED) is 0.604. The topological polar surface area (TPSA) is 68.3 Å². The number of rotatable bonds is 5. The maximum atomic E-state index is 7.73. The summed E-state index contributed by atoms with van der Waals surface area (Å²) in [4.78, 5) is 0. The average molecular weight is 255 g/mol. The van der Waals surface area contributed by atoms with Crippen molar-refractivity contribution in [2.75, 3.05) is 5.88 Å². The summed E-state index contributed by atoms with van der Waals surface area (Å²) in [5.41, 5.74) is 5.50. The molecule has 0 aromatic rings. The zero-order valence-corrected chi connectivity index (χ0v) is 11.4. The number of alkyl halides is 1. The third-order valence-corrected chi connectivity index (χ3v) is 2.28. The van der Waals surface area contributed by atoms with Gasteiger partial charge in [0.05, 0.1) is 18.3 Å². The van der Waals surface area contributed by atoms with E-state index >= 15 is 0 Å². The Morgan fingerprint density at radius 2 is 1.67 bits per heavy atom. The fourth-order valence-electron chi connectivity index (χ4n) is 0.483. The van der Waals surface area contributed by atoms with E-state index in [0.29, 0.717) is 12.3 Å². The van der Waals surface area contributed by atoms with Gasteiger partial charge in [0.25, 0.3) is 8.53 Å². The minimum absolute atomic E-state index is 0.148. The van der Waals surface area contributed by atoms with Gasteiger partial charge in [0.15, 0.2) is 0 Å². The van der Waals surface area contributed by atoms with E-state index < -0.39 is 8.53 Å². The lowest BCUT2D eigenvalue weighted by atomic mass is 10.5. The highest BCUT2D eigenvalue weighted by molar-refractivity contribution is 7.44. The lowest BCUT2D eigenvalue weighted by Crippen LogP contribution is -2.08. The summed E-state index contributed by atoms with van der Waals surface area (Å²) in [6.45, 7) is 7.75. The summed E-state index contributed by atoms with van der Waals surface area (Å²) in [5.74, 6) is 0.455. The van der Waals surface area contributed by atoms with Crippen molar-refractivity contribution in [3.05, 3.63) is 0 Å². The largest absolute Gasteiger partial charge is 0.319 e. The maximum Gasteiger partial charge on any atom is 0.253 e. The summed E-state index contributed by atoms with van der Waals surface area (Å²) < 4.78 is 10.4. The number of nitriles is 1. The minimum Gasteiger partial charge on any atom is -0.319 e. The molecule has 0 amide bonds. The molecule has 0 saturated carbocycles. The van der Waals surface area contributed by atoms with Crippen LogP contribution in [0.25, 0.3) is 0 Å². The van der Waals surface area contributed by atoms with Gasteiger partial charge in [-0.1, -0.05) is 0 Å². The Balaban J connectivity index is 0. The van der Waals surface area contributed by atoms with Crippen molar-refractivity contribution in [3.8, 4) is 6.07 Å². The Labute approximate surface area is 98.7 Å². The molecule has 0 atom stereocenters. The standard InChI is InChI=1S/C6H16NO2P.C3H4ClN/c1-5(2)8-10(7)9-6(3)4;4-2-1-3-5/h5-6H,7H2,1-4H3;1-2H2. The van der Waals surface area contributed by atoms with Gasteiger partial charge in [-0.2, -0.15) is 5.26 Å². The predicted molar refractivity (Wildman–Crippen MR) is 64.5 cm³/mol. The second-order valence-electron chi connectivity index (χ2n) is 3.19. The molecule has 15 heavy (non-hydrogen) atoms. The molecule has 0 unspecified atom stereocenters. The van der Waals surface area contributed by atoms with Crippen LogP contribution in [0.2, 0.25) is 0 Å². The van der Waals surface area contributed by atoms with Crippen LogP contribution in [0, 0.1) is 11.3 Å². The van der Waals surface area contributed by atoms with Gasteiger partial charge >= 0.3 is 0 Å². The zero-order valence-electron chi connectivity index (χ0n) is 9.74. The molecule has 0 aliphatic carbocycles. The maximum absolute atomic E-state index is 7.73. The molecule has 4 nitrogen and oxygen atoms in total. The number of hydrogen-bond acceptors (Lipinski definition) is 4. The molecule has 90 valence electrons. The lowest BCUT2D eigenvalue weighted by molar-refractivity contribution is 0.177. The van der Waals surface area contributed by atoms with Crippen LogP contribution in [-0.4, -0.2) is 18.1 Å². The molecule has 0 aromatic carbocycles. The van der Waals surface area contributed by atoms with E-state index in [2.05, 4.69) is 0 Å². The Kier molecular flexibility index (Phi) is 14.2. The lowest BCUT2D eigenvalue weighted by Gasteiger charge is -2.16. The van der Waals surface area contributed by atoms with E-state index in [1.165, 1.54) is 0 Å². The third kappa shape index (κ3) is 20.2. The Morgan fingerprint density at radius 3 is 1.80 bits per heavy atom. The molecule has 0 rings (SSSR count). The monoisotopic (exact) mass is 254 g/mol. The highest BCUT2D eigenvalue weighted by Crippen LogP contribution is 2.31. The van der Waals surface area contributed by atoms with Gasteiger partial charge < -0.3 is 9.05 Å². The van der Waals surface area contributed by atoms with Crippen LogP contribution in [0.4, 0.5) is 0 Å². The fraction of sp³-hybridized carbons (Fsp3) is 0.889. The van der Waals surface area contributed by atoms with Gasteiger partial charge in [0, 0.05) is 12.3 Å². The molecule has 6 heteroatoms. The minimum atomic E-state index is -1.16. The molecule has 2 N–H and O–H groups in total. The Hall–Kier alpha value is 0.0900. The molecule has 0 heterocycles. The third-order valence-electron chi connectivity index (χ3n) is 0.836. The summed E-state index contributed by atoms with van der Waals surface area (Å²) in [6.07, 6.45) is 0.756. The van der Waals surface area contributed by atoms with E-state index in [-0.39, 0.29) is 12.2 Å². The normalized spacial score (nSPS) is 10.1. The van der Waals surface area contributed by atoms with E-state index in [4.69, 9.17) is 31.4 Å². The van der Waals surface area contributed by atoms with Crippen LogP contribution in [0.15, 0.2) is 0 Å². The highest BCUT2D eigenvalue weighted by atomic mass is 35.5. The van der Waals surface area contributed by atoms with Gasteiger partial charge in [-0.15, -0.1) is 11.6 Å². The Morgan fingerprint density at radius 1 is 1.27 bits per heavy atom. The molecule has 0 aromatic heterocycles. The second-order valence-corrected chi connectivity index (χ2v) is 4.56. The van der Waals surface area contributed by atoms with E-state index in [9.17, 15) is 0 Å². The first-order chi connectivity index (χ1) is 6.93. The predicted octanol–water partition coefficient (Wildman–Crippen LogP) is 3.16. The summed E-state index contributed by atoms with van der Waals surface area (Å²) in [5, 5.41) is 7.73. The van der Waals surface area contributed by atoms with Crippen LogP contribution in [0.3, 0.4) is 0 Å². The van der Waals surface area contributed by atoms with Crippen LogP contribution < -0.4 is 5.50 Å².